The van der Waals surface area contributed by atoms with Crippen molar-refractivity contribution < 1.29 is 24.2 Å². The number of Topliss-reactive ketones (excluding diaryl/α,β-unsaturated/α-hetero) is 1. The standard InChI is InChI=1S/C17H21BrO5/c18-14-10-8-13(9-11-14)15(19)12-23-17(22)7-5-3-1-2-4-6-16(20)21/h8-11H,1-7,12H2,(H,20,21). The lowest BCUT2D eigenvalue weighted by atomic mass is 10.1. The summed E-state index contributed by atoms with van der Waals surface area (Å²) in [6.45, 7) is -0.237. The summed E-state index contributed by atoms with van der Waals surface area (Å²) in [5.41, 5.74) is 0.513. The predicted molar refractivity (Wildman–Crippen MR) is 89.4 cm³/mol. The Morgan fingerprint density at radius 3 is 2.09 bits per heavy atom. The zero-order valence-corrected chi connectivity index (χ0v) is 14.5. The fraction of sp³-hybridized carbons (Fsp3) is 0.471. The van der Waals surface area contributed by atoms with Gasteiger partial charge < -0.3 is 9.84 Å². The second-order valence-corrected chi connectivity index (χ2v) is 6.17. The first-order valence-electron chi connectivity index (χ1n) is 7.65. The SMILES string of the molecule is O=C(O)CCCCCCCC(=O)OCC(=O)c1ccc(Br)cc1. The summed E-state index contributed by atoms with van der Waals surface area (Å²) in [6, 6.07) is 6.88. The number of carbonyl (C=O) groups is 3. The third-order valence-corrected chi connectivity index (χ3v) is 3.83. The summed E-state index contributed by atoms with van der Waals surface area (Å²) in [4.78, 5) is 33.7. The Labute approximate surface area is 144 Å². The van der Waals surface area contributed by atoms with Crippen molar-refractivity contribution in [3.8, 4) is 0 Å². The highest BCUT2D eigenvalue weighted by molar-refractivity contribution is 9.10. The average molecular weight is 385 g/mol. The quantitative estimate of drug-likeness (QED) is 0.354. The molecule has 1 aromatic carbocycles. The number of carboxylic acid groups (broad SMARTS) is 1. The molecule has 0 saturated heterocycles. The Bertz CT molecular complexity index is 524. The lowest BCUT2D eigenvalue weighted by Gasteiger charge is -2.05. The van der Waals surface area contributed by atoms with E-state index in [-0.39, 0.29) is 31.2 Å². The van der Waals surface area contributed by atoms with Gasteiger partial charge in [0.25, 0.3) is 0 Å². The van der Waals surface area contributed by atoms with Crippen LogP contribution in [0.15, 0.2) is 28.7 Å². The Hall–Kier alpha value is -1.69. The van der Waals surface area contributed by atoms with Crippen LogP contribution in [0.1, 0.15) is 55.3 Å². The van der Waals surface area contributed by atoms with Crippen LogP contribution in [0.5, 0.6) is 0 Å². The fourth-order valence-electron chi connectivity index (χ4n) is 2.01. The Kier molecular flexibility index (Phi) is 9.21. The molecule has 0 fully saturated rings. The number of benzene rings is 1. The van der Waals surface area contributed by atoms with Gasteiger partial charge in [-0.1, -0.05) is 47.3 Å². The minimum Gasteiger partial charge on any atom is -0.481 e. The second kappa shape index (κ2) is 10.9. The fourth-order valence-corrected chi connectivity index (χ4v) is 2.28. The molecule has 0 amide bonds. The zero-order chi connectivity index (χ0) is 17.1. The summed E-state index contributed by atoms with van der Waals surface area (Å²) in [5.74, 6) is -1.37. The molecule has 0 atom stereocenters. The van der Waals surface area contributed by atoms with Gasteiger partial charge in [-0.05, 0) is 25.0 Å². The maximum absolute atomic E-state index is 11.8. The van der Waals surface area contributed by atoms with Gasteiger partial charge in [0.15, 0.2) is 12.4 Å². The molecule has 23 heavy (non-hydrogen) atoms. The normalized spacial score (nSPS) is 10.3. The highest BCUT2D eigenvalue weighted by Crippen LogP contribution is 2.11. The number of carboxylic acids is 1. The van der Waals surface area contributed by atoms with Gasteiger partial charge >= 0.3 is 11.9 Å². The van der Waals surface area contributed by atoms with Gasteiger partial charge in [-0.25, -0.2) is 0 Å². The van der Waals surface area contributed by atoms with Crippen molar-refractivity contribution in [2.24, 2.45) is 0 Å². The summed E-state index contributed by atoms with van der Waals surface area (Å²) >= 11 is 3.29. The molecular weight excluding hydrogens is 364 g/mol. The van der Waals surface area contributed by atoms with Crippen molar-refractivity contribution in [2.75, 3.05) is 6.61 Å². The van der Waals surface area contributed by atoms with E-state index < -0.39 is 5.97 Å². The number of rotatable bonds is 11. The minimum absolute atomic E-state index is 0.195. The molecule has 0 unspecified atom stereocenters. The van der Waals surface area contributed by atoms with Crippen LogP contribution in [0.25, 0.3) is 0 Å². The van der Waals surface area contributed by atoms with E-state index in [0.717, 1.165) is 23.7 Å². The molecule has 0 spiro atoms. The minimum atomic E-state index is -0.774. The van der Waals surface area contributed by atoms with E-state index in [0.29, 0.717) is 18.4 Å². The summed E-state index contributed by atoms with van der Waals surface area (Å²) in [7, 11) is 0. The molecule has 1 aromatic rings. The third kappa shape index (κ3) is 9.13. The Morgan fingerprint density at radius 2 is 1.48 bits per heavy atom. The summed E-state index contributed by atoms with van der Waals surface area (Å²) < 4.78 is 5.85. The first-order valence-corrected chi connectivity index (χ1v) is 8.44. The van der Waals surface area contributed by atoms with Crippen molar-refractivity contribution in [1.82, 2.24) is 0 Å². The van der Waals surface area contributed by atoms with Crippen LogP contribution in [0.3, 0.4) is 0 Å². The lowest BCUT2D eigenvalue weighted by Crippen LogP contribution is -2.13. The summed E-state index contributed by atoms with van der Waals surface area (Å²) in [5, 5.41) is 8.50. The Balaban J connectivity index is 2.09. The maximum Gasteiger partial charge on any atom is 0.306 e. The number of halogens is 1. The second-order valence-electron chi connectivity index (χ2n) is 5.25. The number of ether oxygens (including phenoxy) is 1. The molecule has 0 bridgehead atoms. The number of carbonyl (C=O) groups excluding carboxylic acids is 2. The van der Waals surface area contributed by atoms with E-state index >= 15 is 0 Å². The van der Waals surface area contributed by atoms with Crippen molar-refractivity contribution >= 4 is 33.7 Å². The molecular formula is C17H21BrO5. The van der Waals surface area contributed by atoms with Gasteiger partial charge in [0, 0.05) is 22.9 Å². The van der Waals surface area contributed by atoms with Crippen molar-refractivity contribution in [2.45, 2.75) is 44.9 Å². The molecule has 0 radical (unpaired) electrons. The number of hydrogen-bond acceptors (Lipinski definition) is 4. The van der Waals surface area contributed by atoms with E-state index in [1.165, 1.54) is 0 Å². The van der Waals surface area contributed by atoms with Crippen LogP contribution in [-0.2, 0) is 14.3 Å². The van der Waals surface area contributed by atoms with E-state index in [4.69, 9.17) is 9.84 Å². The van der Waals surface area contributed by atoms with Gasteiger partial charge in [-0.2, -0.15) is 0 Å². The number of aliphatic carboxylic acids is 1. The van der Waals surface area contributed by atoms with Crippen molar-refractivity contribution in [3.05, 3.63) is 34.3 Å². The molecule has 1 rings (SSSR count). The lowest BCUT2D eigenvalue weighted by molar-refractivity contribution is -0.142. The molecule has 0 aliphatic rings. The molecule has 6 heteroatoms. The first-order chi connectivity index (χ1) is 11.0. The predicted octanol–water partition coefficient (Wildman–Crippen LogP) is 3.99. The van der Waals surface area contributed by atoms with E-state index in [1.807, 2.05) is 0 Å². The largest absolute Gasteiger partial charge is 0.481 e. The first kappa shape index (κ1) is 19.4. The van der Waals surface area contributed by atoms with Crippen LogP contribution >= 0.6 is 15.9 Å². The highest BCUT2D eigenvalue weighted by atomic mass is 79.9. The monoisotopic (exact) mass is 384 g/mol. The van der Waals surface area contributed by atoms with E-state index in [2.05, 4.69) is 15.9 Å². The number of unbranched alkanes of at least 4 members (excludes halogenated alkanes) is 4. The Morgan fingerprint density at radius 1 is 0.913 bits per heavy atom. The van der Waals surface area contributed by atoms with Crippen molar-refractivity contribution in [1.29, 1.82) is 0 Å². The number of hydrogen-bond donors (Lipinski definition) is 1. The van der Waals surface area contributed by atoms with Crippen LogP contribution in [0.4, 0.5) is 0 Å². The highest BCUT2D eigenvalue weighted by Gasteiger charge is 2.09. The smallest absolute Gasteiger partial charge is 0.306 e. The molecule has 126 valence electrons. The molecule has 0 aliphatic carbocycles. The summed E-state index contributed by atoms with van der Waals surface area (Å²) in [6.07, 6.45) is 4.45. The van der Waals surface area contributed by atoms with Crippen LogP contribution in [-0.4, -0.2) is 29.4 Å². The van der Waals surface area contributed by atoms with Gasteiger partial charge in [-0.3, -0.25) is 14.4 Å². The molecule has 5 nitrogen and oxygen atoms in total. The topological polar surface area (TPSA) is 80.7 Å². The van der Waals surface area contributed by atoms with Crippen LogP contribution < -0.4 is 0 Å². The van der Waals surface area contributed by atoms with Gasteiger partial charge in [-0.15, -0.1) is 0 Å². The zero-order valence-electron chi connectivity index (χ0n) is 12.9. The van der Waals surface area contributed by atoms with Crippen LogP contribution in [0, 0.1) is 0 Å². The van der Waals surface area contributed by atoms with Gasteiger partial charge in [0.2, 0.25) is 0 Å². The molecule has 0 aromatic heterocycles. The van der Waals surface area contributed by atoms with Crippen LogP contribution in [0.2, 0.25) is 0 Å². The van der Waals surface area contributed by atoms with E-state index in [1.54, 1.807) is 24.3 Å². The van der Waals surface area contributed by atoms with Gasteiger partial charge in [0.1, 0.15) is 0 Å². The molecule has 1 N–H and O–H groups in total. The molecule has 0 saturated carbocycles. The number of esters is 1. The average Bonchev–Trinajstić information content (AvgIpc) is 2.52. The van der Waals surface area contributed by atoms with Crippen molar-refractivity contribution in [3.63, 3.8) is 0 Å². The maximum atomic E-state index is 11.8. The third-order valence-electron chi connectivity index (χ3n) is 3.30. The van der Waals surface area contributed by atoms with E-state index in [9.17, 15) is 14.4 Å². The van der Waals surface area contributed by atoms with Gasteiger partial charge in [0.05, 0.1) is 0 Å². The molecule has 0 heterocycles. The number of ketones is 1. The molecule has 0 aliphatic heterocycles.